The summed E-state index contributed by atoms with van der Waals surface area (Å²) in [6.45, 7) is 6.59. The van der Waals surface area contributed by atoms with Crippen molar-refractivity contribution in [3.63, 3.8) is 0 Å². The molecule has 2 aliphatic heterocycles. The summed E-state index contributed by atoms with van der Waals surface area (Å²) in [5.74, 6) is -0.435. The highest BCUT2D eigenvalue weighted by Gasteiger charge is 2.54. The fourth-order valence-corrected chi connectivity index (χ4v) is 6.25. The molecule has 13 heteroatoms. The lowest BCUT2D eigenvalue weighted by Gasteiger charge is -2.49. The molecule has 246 valence electrons. The van der Waals surface area contributed by atoms with Crippen LogP contribution >= 0.6 is 11.8 Å². The Labute approximate surface area is 272 Å². The molecule has 2 aliphatic rings. The number of nitrogens with zero attached hydrogens (tertiary/aromatic N) is 1. The van der Waals surface area contributed by atoms with E-state index in [9.17, 15) is 24.3 Å². The Morgan fingerprint density at radius 2 is 1.83 bits per heavy atom. The largest absolute Gasteiger partial charge is 0.497 e. The van der Waals surface area contributed by atoms with E-state index in [1.54, 1.807) is 76.4 Å². The zero-order chi connectivity index (χ0) is 33.6. The van der Waals surface area contributed by atoms with Gasteiger partial charge in [-0.25, -0.2) is 9.59 Å². The Balaban J connectivity index is 1.54. The smallest absolute Gasteiger partial charge is 0.408 e. The molecule has 4 rings (SSSR count). The monoisotopic (exact) mass is 653 g/mol. The molecule has 1 saturated heterocycles. The number of hydrogen-bond acceptors (Lipinski definition) is 10. The van der Waals surface area contributed by atoms with Crippen molar-refractivity contribution in [2.24, 2.45) is 0 Å². The molecule has 3 atom stereocenters. The van der Waals surface area contributed by atoms with Gasteiger partial charge in [0, 0.05) is 11.3 Å². The molecule has 2 aromatic carbocycles. The number of rotatable bonds is 11. The van der Waals surface area contributed by atoms with Gasteiger partial charge in [0.25, 0.3) is 5.91 Å². The van der Waals surface area contributed by atoms with Gasteiger partial charge in [-0.1, -0.05) is 36.4 Å². The molecule has 12 nitrogen and oxygen atoms in total. The number of esters is 1. The van der Waals surface area contributed by atoms with Crippen LogP contribution in [0.1, 0.15) is 50.4 Å². The topological polar surface area (TPSA) is 153 Å². The lowest BCUT2D eigenvalue weighted by molar-refractivity contribution is -0.153. The van der Waals surface area contributed by atoms with Crippen molar-refractivity contribution < 1.29 is 43.2 Å². The van der Waals surface area contributed by atoms with Gasteiger partial charge in [-0.15, -0.1) is 11.8 Å². The molecular formula is C33H39N3O9S. The normalized spacial score (nSPS) is 18.3. The lowest BCUT2D eigenvalue weighted by Crippen LogP contribution is -2.71. The number of methoxy groups -OCH3 is 2. The first kappa shape index (κ1) is 34.4. The number of fused-ring (bicyclic) bond motifs is 1. The van der Waals surface area contributed by atoms with Gasteiger partial charge in [-0.2, -0.15) is 0 Å². The Kier molecular flexibility index (Phi) is 11.0. The fraction of sp³-hybridized carbons (Fsp3) is 0.394. The molecule has 0 saturated carbocycles. The number of allylic oxidation sites excluding steroid dienone is 2. The van der Waals surface area contributed by atoms with Crippen LogP contribution in [0, 0.1) is 0 Å². The Morgan fingerprint density at radius 1 is 1.11 bits per heavy atom. The summed E-state index contributed by atoms with van der Waals surface area (Å²) >= 11 is 1.39. The van der Waals surface area contributed by atoms with E-state index in [-0.39, 0.29) is 18.9 Å². The maximum absolute atomic E-state index is 13.7. The highest BCUT2D eigenvalue weighted by molar-refractivity contribution is 8.00. The number of aliphatic hydroxyl groups excluding tert-OH is 1. The van der Waals surface area contributed by atoms with Crippen molar-refractivity contribution in [3.05, 3.63) is 82.6 Å². The molecule has 0 aliphatic carbocycles. The van der Waals surface area contributed by atoms with Crippen molar-refractivity contribution in [1.82, 2.24) is 15.5 Å². The number of hydrogen-bond donors (Lipinski definition) is 3. The maximum Gasteiger partial charge on any atom is 0.408 e. The summed E-state index contributed by atoms with van der Waals surface area (Å²) in [4.78, 5) is 54.8. The second kappa shape index (κ2) is 14.7. The number of alkyl carbamates (subject to hydrolysis) is 1. The predicted octanol–water partition coefficient (Wildman–Crippen LogP) is 3.74. The zero-order valence-corrected chi connectivity index (χ0v) is 27.4. The molecular weight excluding hydrogens is 614 g/mol. The van der Waals surface area contributed by atoms with Gasteiger partial charge in [0.05, 0.1) is 20.8 Å². The van der Waals surface area contributed by atoms with Crippen LogP contribution in [-0.2, 0) is 37.1 Å². The van der Waals surface area contributed by atoms with E-state index < -0.39 is 46.9 Å². The SMILES string of the molecule is C/C=C\C1=C(C(=O)OCc2ccc(OC)cc2)N2C(=O)C(NC(=O)[C@H](NC(=O)OC(C)(C)C)c3ccc(CO)c(OC)c3)[C@@H]2SC1. The Bertz CT molecular complexity index is 1530. The third-order valence-corrected chi connectivity index (χ3v) is 8.43. The van der Waals surface area contributed by atoms with Crippen LogP contribution in [0.2, 0.25) is 0 Å². The van der Waals surface area contributed by atoms with Gasteiger partial charge in [0.15, 0.2) is 0 Å². The van der Waals surface area contributed by atoms with Crippen molar-refractivity contribution in [3.8, 4) is 11.5 Å². The van der Waals surface area contributed by atoms with E-state index >= 15 is 0 Å². The number of carbonyl (C=O) groups is 4. The van der Waals surface area contributed by atoms with Crippen LogP contribution in [-0.4, -0.2) is 70.9 Å². The van der Waals surface area contributed by atoms with Gasteiger partial charge in [0.1, 0.15) is 46.9 Å². The minimum Gasteiger partial charge on any atom is -0.497 e. The highest BCUT2D eigenvalue weighted by Crippen LogP contribution is 2.41. The second-order valence-corrected chi connectivity index (χ2v) is 12.6. The molecule has 0 aromatic heterocycles. The van der Waals surface area contributed by atoms with Gasteiger partial charge < -0.3 is 34.7 Å². The zero-order valence-electron chi connectivity index (χ0n) is 26.6. The van der Waals surface area contributed by atoms with Gasteiger partial charge in [-0.05, 0) is 62.6 Å². The van der Waals surface area contributed by atoms with Crippen LogP contribution in [0.4, 0.5) is 4.79 Å². The first-order valence-electron chi connectivity index (χ1n) is 14.6. The number of carbonyl (C=O) groups excluding carboxylic acids is 4. The number of β-lactam (4-membered cyclic amide) rings is 1. The van der Waals surface area contributed by atoms with Crippen LogP contribution in [0.25, 0.3) is 0 Å². The Morgan fingerprint density at radius 3 is 2.43 bits per heavy atom. The molecule has 2 aromatic rings. The summed E-state index contributed by atoms with van der Waals surface area (Å²) < 4.78 is 21.5. The second-order valence-electron chi connectivity index (χ2n) is 11.5. The van der Waals surface area contributed by atoms with Crippen LogP contribution in [0.3, 0.4) is 0 Å². The molecule has 3 N–H and O–H groups in total. The van der Waals surface area contributed by atoms with Crippen molar-refractivity contribution in [2.45, 2.75) is 64.0 Å². The van der Waals surface area contributed by atoms with Gasteiger partial charge >= 0.3 is 12.1 Å². The predicted molar refractivity (Wildman–Crippen MR) is 171 cm³/mol. The summed E-state index contributed by atoms with van der Waals surface area (Å²) in [6.07, 6.45) is 2.70. The van der Waals surface area contributed by atoms with E-state index in [1.807, 2.05) is 6.92 Å². The first-order valence-corrected chi connectivity index (χ1v) is 15.6. The molecule has 0 radical (unpaired) electrons. The third kappa shape index (κ3) is 7.83. The molecule has 0 spiro atoms. The summed E-state index contributed by atoms with van der Waals surface area (Å²) in [6, 6.07) is 9.51. The van der Waals surface area contributed by atoms with E-state index in [4.69, 9.17) is 18.9 Å². The van der Waals surface area contributed by atoms with Crippen LogP contribution in [0.5, 0.6) is 11.5 Å². The summed E-state index contributed by atoms with van der Waals surface area (Å²) in [5, 5.41) is 14.4. The number of benzene rings is 2. The quantitative estimate of drug-likeness (QED) is 0.242. The maximum atomic E-state index is 13.7. The molecule has 3 amide bonds. The van der Waals surface area contributed by atoms with Gasteiger partial charge in [-0.3, -0.25) is 14.5 Å². The number of aliphatic hydroxyl groups is 1. The Hall–Kier alpha value is -4.49. The van der Waals surface area contributed by atoms with E-state index in [1.165, 1.54) is 29.8 Å². The molecule has 46 heavy (non-hydrogen) atoms. The van der Waals surface area contributed by atoms with E-state index in [0.29, 0.717) is 34.0 Å². The van der Waals surface area contributed by atoms with Crippen LogP contribution in [0.15, 0.2) is 65.9 Å². The summed E-state index contributed by atoms with van der Waals surface area (Å²) in [7, 11) is 2.98. The van der Waals surface area contributed by atoms with E-state index in [0.717, 1.165) is 5.56 Å². The minimum atomic E-state index is -1.27. The highest BCUT2D eigenvalue weighted by atomic mass is 32.2. The van der Waals surface area contributed by atoms with Crippen molar-refractivity contribution in [2.75, 3.05) is 20.0 Å². The lowest BCUT2D eigenvalue weighted by atomic mass is 10.00. The number of amides is 3. The fourth-order valence-electron chi connectivity index (χ4n) is 4.93. The number of nitrogens with one attached hydrogen (secondary N) is 2. The van der Waals surface area contributed by atoms with Crippen molar-refractivity contribution in [1.29, 1.82) is 0 Å². The van der Waals surface area contributed by atoms with E-state index in [2.05, 4.69) is 10.6 Å². The van der Waals surface area contributed by atoms with Crippen LogP contribution < -0.4 is 20.1 Å². The van der Waals surface area contributed by atoms with Crippen molar-refractivity contribution >= 4 is 35.6 Å². The standard InChI is InChI=1S/C33H39N3O9S/c1-7-8-22-18-46-30-26(29(39)36(30)27(22)31(40)44-17-19-9-13-23(42-5)14-10-19)34-28(38)25(35-32(41)45-33(2,3)4)20-11-12-21(16-37)24(15-20)43-6/h7-15,25-26,30,37H,16-18H2,1-6H3,(H,34,38)(H,35,41)/b8-7-/t25-,26?,30+/m1/s1. The third-order valence-electron chi connectivity index (χ3n) is 7.12. The number of thioether (sulfide) groups is 1. The first-order chi connectivity index (χ1) is 21.9. The average molecular weight is 654 g/mol. The minimum absolute atomic E-state index is 0.00794. The molecule has 1 fully saturated rings. The molecule has 2 heterocycles. The number of ether oxygens (including phenoxy) is 4. The molecule has 0 bridgehead atoms. The molecule has 1 unspecified atom stereocenters. The van der Waals surface area contributed by atoms with Gasteiger partial charge in [0.2, 0.25) is 5.91 Å². The average Bonchev–Trinajstić information content (AvgIpc) is 3.03. The summed E-state index contributed by atoms with van der Waals surface area (Å²) in [5.41, 5.74) is 1.50.